The molecule has 69 heavy (non-hydrogen) atoms. The molecule has 0 unspecified atom stereocenters. The van der Waals surface area contributed by atoms with Crippen LogP contribution < -0.4 is 0 Å². The molecule has 0 saturated carbocycles. The fourth-order valence-corrected chi connectivity index (χ4v) is 11.7. The number of hydrogen-bond donors (Lipinski definition) is 0. The molecule has 4 aromatic heterocycles. The van der Waals surface area contributed by atoms with E-state index in [0.717, 1.165) is 55.8 Å². The fraction of sp³-hybridized carbons (Fsp3) is 0. The van der Waals surface area contributed by atoms with Gasteiger partial charge in [-0.2, -0.15) is 0 Å². The summed E-state index contributed by atoms with van der Waals surface area (Å²) in [6, 6.07) is 84.2. The molecule has 0 spiro atoms. The van der Waals surface area contributed by atoms with E-state index in [2.05, 4.69) is 234 Å². The number of nitrogens with zero attached hydrogens (tertiary/aromatic N) is 5. The maximum Gasteiger partial charge on any atom is 0.164 e. The van der Waals surface area contributed by atoms with Crippen molar-refractivity contribution in [1.29, 1.82) is 0 Å². The Kier molecular flexibility index (Phi) is 9.00. The fourth-order valence-electron chi connectivity index (χ4n) is 10.4. The van der Waals surface area contributed by atoms with E-state index in [1.54, 1.807) is 0 Å². The molecule has 0 amide bonds. The van der Waals surface area contributed by atoms with Gasteiger partial charge < -0.3 is 9.13 Å². The first kappa shape index (κ1) is 39.2. The lowest BCUT2D eigenvalue weighted by atomic mass is 10.0. The first-order valence-electron chi connectivity index (χ1n) is 23.3. The second-order valence-corrected chi connectivity index (χ2v) is 18.6. The summed E-state index contributed by atoms with van der Waals surface area (Å²) >= 11 is 1.89. The Morgan fingerprint density at radius 1 is 0.261 bits per heavy atom. The third-order valence-electron chi connectivity index (χ3n) is 13.6. The molecule has 10 aromatic carbocycles. The standard InChI is InChI=1S/C63H39N5S/c1-4-16-40(17-5-1)42-30-32-43(33-31-42)61-64-62(45-21-14-20-44(38-45)41-18-6-2-7-19-41)66-63(65-61)46-22-15-25-48(39-46)68-56-29-13-11-27-50(56)52-35-37-54-53-36-34-51-49-26-10-12-28-55(49)67(47-23-8-3-9-24-47)57(51)59(53)69-60(54)58(52)68/h1-39H. The third-order valence-corrected chi connectivity index (χ3v) is 14.8. The maximum absolute atomic E-state index is 5.27. The van der Waals surface area contributed by atoms with Gasteiger partial charge in [-0.25, -0.2) is 15.0 Å². The van der Waals surface area contributed by atoms with Gasteiger partial charge in [-0.05, 0) is 64.7 Å². The molecular formula is C63H39N5S. The quantitative estimate of drug-likeness (QED) is 0.160. The Hall–Kier alpha value is -8.97. The lowest BCUT2D eigenvalue weighted by Crippen LogP contribution is -2.01. The first-order chi connectivity index (χ1) is 34.2. The minimum absolute atomic E-state index is 0.609. The van der Waals surface area contributed by atoms with Crippen molar-refractivity contribution in [3.63, 3.8) is 0 Å². The van der Waals surface area contributed by atoms with Crippen LogP contribution in [0.15, 0.2) is 237 Å². The average molecular weight is 898 g/mol. The zero-order valence-electron chi connectivity index (χ0n) is 37.2. The van der Waals surface area contributed by atoms with Gasteiger partial charge >= 0.3 is 0 Å². The number of hydrogen-bond acceptors (Lipinski definition) is 4. The smallest absolute Gasteiger partial charge is 0.164 e. The van der Waals surface area contributed by atoms with Gasteiger partial charge in [0.15, 0.2) is 17.5 Å². The number of fused-ring (bicyclic) bond motifs is 11. The van der Waals surface area contributed by atoms with Crippen LogP contribution in [0.2, 0.25) is 0 Å². The molecular weight excluding hydrogens is 859 g/mol. The van der Waals surface area contributed by atoms with E-state index in [1.807, 2.05) is 23.5 Å². The van der Waals surface area contributed by atoms with Gasteiger partial charge in [0.2, 0.25) is 0 Å². The van der Waals surface area contributed by atoms with Gasteiger partial charge in [-0.3, -0.25) is 0 Å². The van der Waals surface area contributed by atoms with Gasteiger partial charge in [0.05, 0.1) is 31.5 Å². The highest BCUT2D eigenvalue weighted by Crippen LogP contribution is 2.47. The van der Waals surface area contributed by atoms with Crippen molar-refractivity contribution < 1.29 is 0 Å². The molecule has 0 aliphatic heterocycles. The third kappa shape index (κ3) is 6.41. The Balaban J connectivity index is 0.975. The summed E-state index contributed by atoms with van der Waals surface area (Å²) in [4.78, 5) is 15.7. The second-order valence-electron chi connectivity index (χ2n) is 17.6. The van der Waals surface area contributed by atoms with Crippen molar-refractivity contribution in [3.05, 3.63) is 237 Å². The lowest BCUT2D eigenvalue weighted by Gasteiger charge is -2.12. The van der Waals surface area contributed by atoms with Crippen molar-refractivity contribution in [2.24, 2.45) is 0 Å². The number of aromatic nitrogens is 5. The number of para-hydroxylation sites is 3. The second kappa shape index (κ2) is 15.8. The number of rotatable bonds is 7. The van der Waals surface area contributed by atoms with Gasteiger partial charge in [-0.1, -0.05) is 194 Å². The van der Waals surface area contributed by atoms with Crippen molar-refractivity contribution in [1.82, 2.24) is 24.1 Å². The largest absolute Gasteiger partial charge is 0.308 e. The number of benzene rings is 10. The van der Waals surface area contributed by atoms with Crippen LogP contribution in [0.4, 0.5) is 0 Å². The minimum Gasteiger partial charge on any atom is -0.308 e. The van der Waals surface area contributed by atoms with Gasteiger partial charge in [-0.15, -0.1) is 11.3 Å². The molecule has 4 heterocycles. The SMILES string of the molecule is c1ccc(-c2ccc(-c3nc(-c4cccc(-c5ccccc5)c4)nc(-c4cccc(-n5c6ccccc6c6ccc7c8ccc9c%10ccccc%10n(-c%10ccccc%10)c9c8sc7c65)c4)n3)cc2)cc1. The van der Waals surface area contributed by atoms with E-state index < -0.39 is 0 Å². The highest BCUT2D eigenvalue weighted by atomic mass is 32.1. The van der Waals surface area contributed by atoms with Gasteiger partial charge in [0, 0.05) is 60.4 Å². The molecule has 322 valence electrons. The molecule has 14 rings (SSSR count). The van der Waals surface area contributed by atoms with Crippen LogP contribution in [-0.2, 0) is 0 Å². The Bertz CT molecular complexity index is 4280. The minimum atomic E-state index is 0.609. The predicted octanol–water partition coefficient (Wildman–Crippen LogP) is 16.8. The maximum atomic E-state index is 5.27. The highest BCUT2D eigenvalue weighted by Gasteiger charge is 2.22. The highest BCUT2D eigenvalue weighted by molar-refractivity contribution is 7.27. The summed E-state index contributed by atoms with van der Waals surface area (Å²) in [5.41, 5.74) is 14.3. The van der Waals surface area contributed by atoms with E-state index in [-0.39, 0.29) is 0 Å². The summed E-state index contributed by atoms with van der Waals surface area (Å²) in [6.45, 7) is 0. The van der Waals surface area contributed by atoms with Crippen molar-refractivity contribution in [2.45, 2.75) is 0 Å². The zero-order chi connectivity index (χ0) is 45.4. The molecule has 0 bridgehead atoms. The van der Waals surface area contributed by atoms with Crippen LogP contribution in [0.1, 0.15) is 0 Å². The monoisotopic (exact) mass is 897 g/mol. The molecule has 5 nitrogen and oxygen atoms in total. The van der Waals surface area contributed by atoms with Crippen LogP contribution in [0.3, 0.4) is 0 Å². The topological polar surface area (TPSA) is 48.5 Å². The molecule has 0 fully saturated rings. The van der Waals surface area contributed by atoms with Gasteiger partial charge in [0.1, 0.15) is 0 Å². The summed E-state index contributed by atoms with van der Waals surface area (Å²) in [5, 5.41) is 7.45. The van der Waals surface area contributed by atoms with Crippen LogP contribution in [-0.4, -0.2) is 24.1 Å². The summed E-state index contributed by atoms with van der Waals surface area (Å²) in [7, 11) is 0. The first-order valence-corrected chi connectivity index (χ1v) is 24.1. The molecule has 0 atom stereocenters. The molecule has 0 aliphatic carbocycles. The molecule has 0 radical (unpaired) electrons. The Morgan fingerprint density at radius 3 is 1.25 bits per heavy atom. The molecule has 0 N–H and O–H groups in total. The Morgan fingerprint density at radius 2 is 0.652 bits per heavy atom. The van der Waals surface area contributed by atoms with Crippen LogP contribution in [0.25, 0.3) is 132 Å². The molecule has 0 aliphatic rings. The lowest BCUT2D eigenvalue weighted by molar-refractivity contribution is 1.07. The van der Waals surface area contributed by atoms with Crippen molar-refractivity contribution in [2.75, 3.05) is 0 Å². The van der Waals surface area contributed by atoms with Crippen molar-refractivity contribution in [3.8, 4) is 67.8 Å². The van der Waals surface area contributed by atoms with Crippen LogP contribution in [0, 0.1) is 0 Å². The van der Waals surface area contributed by atoms with Crippen LogP contribution >= 0.6 is 11.3 Å². The average Bonchev–Trinajstić information content (AvgIpc) is 4.10. The van der Waals surface area contributed by atoms with E-state index in [4.69, 9.17) is 15.0 Å². The molecule has 0 saturated heterocycles. The summed E-state index contributed by atoms with van der Waals surface area (Å²) < 4.78 is 7.43. The normalized spacial score (nSPS) is 11.8. The Labute approximate surface area is 401 Å². The van der Waals surface area contributed by atoms with E-state index >= 15 is 0 Å². The predicted molar refractivity (Wildman–Crippen MR) is 289 cm³/mol. The summed E-state index contributed by atoms with van der Waals surface area (Å²) in [6.07, 6.45) is 0. The van der Waals surface area contributed by atoms with E-state index in [1.165, 1.54) is 58.3 Å². The number of thiophene rings is 1. The zero-order valence-corrected chi connectivity index (χ0v) is 38.0. The van der Waals surface area contributed by atoms with Crippen molar-refractivity contribution >= 4 is 75.1 Å². The van der Waals surface area contributed by atoms with Crippen LogP contribution in [0.5, 0.6) is 0 Å². The molecule has 14 aromatic rings. The molecule has 6 heteroatoms. The van der Waals surface area contributed by atoms with E-state index in [0.29, 0.717) is 17.5 Å². The van der Waals surface area contributed by atoms with Gasteiger partial charge in [0.25, 0.3) is 0 Å². The van der Waals surface area contributed by atoms with E-state index in [9.17, 15) is 0 Å². The summed E-state index contributed by atoms with van der Waals surface area (Å²) in [5.74, 6) is 1.85.